The van der Waals surface area contributed by atoms with Crippen LogP contribution in [0.1, 0.15) is 39.9 Å². The zero-order valence-corrected chi connectivity index (χ0v) is 24.9. The molecule has 41 heavy (non-hydrogen) atoms. The maximum Gasteiger partial charge on any atom is 0.326 e. The van der Waals surface area contributed by atoms with Crippen molar-refractivity contribution in [1.29, 1.82) is 0 Å². The van der Waals surface area contributed by atoms with Crippen molar-refractivity contribution < 1.29 is 24.2 Å². The van der Waals surface area contributed by atoms with Crippen LogP contribution in [-0.4, -0.2) is 72.3 Å². The molecular formula is C33H40N2O5S. The molecule has 1 saturated heterocycles. The molecule has 4 rings (SSSR count). The number of nitrogens with one attached hydrogen (secondary N) is 1. The molecule has 1 aliphatic rings. The Kier molecular flexibility index (Phi) is 11.4. The average molecular weight is 577 g/mol. The fourth-order valence-corrected chi connectivity index (χ4v) is 5.78. The lowest BCUT2D eigenvalue weighted by Crippen LogP contribution is -2.41. The van der Waals surface area contributed by atoms with Gasteiger partial charge in [0.15, 0.2) is 0 Å². The molecule has 0 aromatic heterocycles. The molecule has 3 atom stereocenters. The van der Waals surface area contributed by atoms with Crippen molar-refractivity contribution in [2.45, 2.75) is 51.1 Å². The van der Waals surface area contributed by atoms with E-state index in [-0.39, 0.29) is 18.1 Å². The highest BCUT2D eigenvalue weighted by molar-refractivity contribution is 7.98. The van der Waals surface area contributed by atoms with Crippen molar-refractivity contribution in [2.75, 3.05) is 32.3 Å². The number of benzene rings is 3. The van der Waals surface area contributed by atoms with Gasteiger partial charge in [0.1, 0.15) is 6.04 Å². The van der Waals surface area contributed by atoms with Gasteiger partial charge in [0, 0.05) is 31.8 Å². The predicted molar refractivity (Wildman–Crippen MR) is 164 cm³/mol. The summed E-state index contributed by atoms with van der Waals surface area (Å²) in [6, 6.07) is 23.3. The van der Waals surface area contributed by atoms with Gasteiger partial charge in [-0.25, -0.2) is 4.79 Å². The van der Waals surface area contributed by atoms with Crippen LogP contribution in [0, 0.1) is 6.92 Å². The zero-order chi connectivity index (χ0) is 29.2. The summed E-state index contributed by atoms with van der Waals surface area (Å²) in [7, 11) is 1.75. The van der Waals surface area contributed by atoms with Crippen molar-refractivity contribution in [3.63, 3.8) is 0 Å². The molecule has 3 aromatic rings. The number of carbonyl (C=O) groups excluding carboxylic acids is 1. The van der Waals surface area contributed by atoms with E-state index in [1.807, 2.05) is 67.8 Å². The lowest BCUT2D eigenvalue weighted by atomic mass is 9.93. The number of carboxylic acids is 1. The lowest BCUT2D eigenvalue weighted by molar-refractivity contribution is -0.139. The van der Waals surface area contributed by atoms with Gasteiger partial charge in [0.05, 0.1) is 19.3 Å². The van der Waals surface area contributed by atoms with Gasteiger partial charge in [0.2, 0.25) is 0 Å². The van der Waals surface area contributed by atoms with Crippen LogP contribution in [0.2, 0.25) is 0 Å². The van der Waals surface area contributed by atoms with E-state index in [0.717, 1.165) is 40.8 Å². The first-order valence-electron chi connectivity index (χ1n) is 14.0. The van der Waals surface area contributed by atoms with E-state index < -0.39 is 12.0 Å². The minimum absolute atomic E-state index is 0.135. The molecule has 1 aliphatic heterocycles. The first-order chi connectivity index (χ1) is 19.9. The number of methoxy groups -OCH3 is 1. The normalized spacial score (nSPS) is 17.8. The number of hydrogen-bond acceptors (Lipinski definition) is 6. The summed E-state index contributed by atoms with van der Waals surface area (Å²) in [5.74, 6) is -0.755. The van der Waals surface area contributed by atoms with E-state index in [0.29, 0.717) is 37.5 Å². The number of ether oxygens (including phenoxy) is 2. The molecule has 0 radical (unpaired) electrons. The van der Waals surface area contributed by atoms with Crippen LogP contribution in [-0.2, 0) is 27.4 Å². The smallest absolute Gasteiger partial charge is 0.326 e. The predicted octanol–water partition coefficient (Wildman–Crippen LogP) is 5.40. The second-order valence-corrected chi connectivity index (χ2v) is 11.5. The summed E-state index contributed by atoms with van der Waals surface area (Å²) in [6.45, 7) is 4.68. The maximum absolute atomic E-state index is 13.4. The third-order valence-electron chi connectivity index (χ3n) is 7.61. The molecule has 1 fully saturated rings. The summed E-state index contributed by atoms with van der Waals surface area (Å²) >= 11 is 1.56. The largest absolute Gasteiger partial charge is 0.480 e. The third-order valence-corrected chi connectivity index (χ3v) is 8.25. The second kappa shape index (κ2) is 15.2. The SMILES string of the molecule is COC1C[C@H](COCc2ccccc2)N(Cc2ccc(C(=O)N[C@@H](CCSC)C(=O)O)c(-c3ccccc3C)c2)C1. The Labute approximate surface area is 247 Å². The number of carbonyl (C=O) groups is 2. The van der Waals surface area contributed by atoms with Crippen LogP contribution in [0.5, 0.6) is 0 Å². The van der Waals surface area contributed by atoms with Crippen molar-refractivity contribution in [2.24, 2.45) is 0 Å². The monoisotopic (exact) mass is 576 g/mol. The maximum atomic E-state index is 13.4. The van der Waals surface area contributed by atoms with Gasteiger partial charge in [-0.1, -0.05) is 60.7 Å². The molecule has 1 amide bonds. The standard InChI is InChI=1S/C33H40N2O5S/c1-23-9-7-8-12-28(23)30-17-25(13-14-29(30)32(36)34-31(33(37)38)15-16-41-3)19-35-20-27(39-2)18-26(35)22-40-21-24-10-5-4-6-11-24/h4-14,17,26-27,31H,15-16,18-22H2,1-3H3,(H,34,36)(H,37,38)/t26-,27?,31+/m1/s1. The van der Waals surface area contributed by atoms with Crippen molar-refractivity contribution in [3.05, 3.63) is 95.1 Å². The van der Waals surface area contributed by atoms with E-state index in [1.54, 1.807) is 18.9 Å². The van der Waals surface area contributed by atoms with E-state index in [4.69, 9.17) is 9.47 Å². The lowest BCUT2D eigenvalue weighted by Gasteiger charge is -2.25. The Morgan fingerprint density at radius 1 is 1.05 bits per heavy atom. The highest BCUT2D eigenvalue weighted by Gasteiger charge is 2.32. The third kappa shape index (κ3) is 8.42. The number of aryl methyl sites for hydroxylation is 1. The highest BCUT2D eigenvalue weighted by Crippen LogP contribution is 2.30. The number of nitrogens with zero attached hydrogens (tertiary/aromatic N) is 1. The molecule has 0 saturated carbocycles. The van der Waals surface area contributed by atoms with Crippen molar-refractivity contribution in [1.82, 2.24) is 10.2 Å². The highest BCUT2D eigenvalue weighted by atomic mass is 32.2. The van der Waals surface area contributed by atoms with E-state index >= 15 is 0 Å². The first-order valence-corrected chi connectivity index (χ1v) is 15.4. The molecule has 8 heteroatoms. The molecular weight excluding hydrogens is 536 g/mol. The zero-order valence-electron chi connectivity index (χ0n) is 24.0. The number of amides is 1. The van der Waals surface area contributed by atoms with Gasteiger partial charge in [-0.15, -0.1) is 0 Å². The average Bonchev–Trinajstić information content (AvgIpc) is 3.37. The summed E-state index contributed by atoms with van der Waals surface area (Å²) in [5, 5.41) is 12.4. The minimum Gasteiger partial charge on any atom is -0.480 e. The van der Waals surface area contributed by atoms with Gasteiger partial charge in [-0.05, 0) is 71.7 Å². The molecule has 3 aromatic carbocycles. The Hall–Kier alpha value is -3.17. The van der Waals surface area contributed by atoms with E-state index in [1.165, 1.54) is 0 Å². The van der Waals surface area contributed by atoms with Gasteiger partial charge >= 0.3 is 5.97 Å². The van der Waals surface area contributed by atoms with Gasteiger partial charge in [-0.3, -0.25) is 9.69 Å². The Balaban J connectivity index is 1.55. The van der Waals surface area contributed by atoms with Crippen LogP contribution in [0.15, 0.2) is 72.8 Å². The van der Waals surface area contributed by atoms with Crippen molar-refractivity contribution >= 4 is 23.6 Å². The van der Waals surface area contributed by atoms with Gasteiger partial charge in [0.25, 0.3) is 5.91 Å². The fourth-order valence-electron chi connectivity index (χ4n) is 5.31. The van der Waals surface area contributed by atoms with Crippen molar-refractivity contribution in [3.8, 4) is 11.1 Å². The molecule has 7 nitrogen and oxygen atoms in total. The molecule has 1 unspecified atom stereocenters. The first kappa shape index (κ1) is 30.8. The number of likely N-dealkylation sites (tertiary alicyclic amines) is 1. The molecule has 1 heterocycles. The van der Waals surface area contributed by atoms with Crippen LogP contribution in [0.4, 0.5) is 0 Å². The Morgan fingerprint density at radius 2 is 1.80 bits per heavy atom. The summed E-state index contributed by atoms with van der Waals surface area (Å²) in [4.78, 5) is 27.6. The number of hydrogen-bond donors (Lipinski definition) is 2. The van der Waals surface area contributed by atoms with Crippen LogP contribution in [0.25, 0.3) is 11.1 Å². The van der Waals surface area contributed by atoms with E-state index in [2.05, 4.69) is 28.4 Å². The molecule has 0 spiro atoms. The summed E-state index contributed by atoms with van der Waals surface area (Å²) in [6.07, 6.45) is 3.31. The minimum atomic E-state index is -1.02. The molecule has 218 valence electrons. The molecule has 0 bridgehead atoms. The van der Waals surface area contributed by atoms with E-state index in [9.17, 15) is 14.7 Å². The number of aliphatic carboxylic acids is 1. The van der Waals surface area contributed by atoms with Crippen LogP contribution in [0.3, 0.4) is 0 Å². The molecule has 0 aliphatic carbocycles. The van der Waals surface area contributed by atoms with Crippen LogP contribution < -0.4 is 5.32 Å². The summed E-state index contributed by atoms with van der Waals surface area (Å²) in [5.41, 5.74) is 5.49. The quantitative estimate of drug-likeness (QED) is 0.266. The topological polar surface area (TPSA) is 88.1 Å². The fraction of sp³-hybridized carbons (Fsp3) is 0.394. The van der Waals surface area contributed by atoms with Gasteiger partial charge in [-0.2, -0.15) is 11.8 Å². The molecule has 2 N–H and O–H groups in total. The second-order valence-electron chi connectivity index (χ2n) is 10.5. The number of thioether (sulfide) groups is 1. The number of rotatable bonds is 14. The number of carboxylic acid groups (broad SMARTS) is 1. The van der Waals surface area contributed by atoms with Gasteiger partial charge < -0.3 is 19.9 Å². The summed E-state index contributed by atoms with van der Waals surface area (Å²) < 4.78 is 11.8. The Morgan fingerprint density at radius 3 is 2.51 bits per heavy atom. The Bertz CT molecular complexity index is 1300. The van der Waals surface area contributed by atoms with Crippen LogP contribution >= 0.6 is 11.8 Å².